The molecule has 20 heavy (non-hydrogen) atoms. The fraction of sp³-hybridized carbons (Fsp3) is 0.0833. The first-order valence-electron chi connectivity index (χ1n) is 5.23. The van der Waals surface area contributed by atoms with E-state index in [1.54, 1.807) is 0 Å². The first-order chi connectivity index (χ1) is 9.29. The maximum atomic E-state index is 13.6. The van der Waals surface area contributed by atoms with Crippen molar-refractivity contribution in [1.82, 2.24) is 4.98 Å². The Morgan fingerprint density at radius 3 is 2.25 bits per heavy atom. The largest absolute Gasteiger partial charge is 0.419 e. The van der Waals surface area contributed by atoms with Crippen molar-refractivity contribution in [2.75, 3.05) is 5.73 Å². The van der Waals surface area contributed by atoms with Crippen molar-refractivity contribution in [2.24, 2.45) is 0 Å². The molecule has 0 bridgehead atoms. The normalized spacial score (nSPS) is 11.7. The Balaban J connectivity index is 2.46. The maximum Gasteiger partial charge on any atom is 0.419 e. The molecule has 2 N–H and O–H groups in total. The van der Waals surface area contributed by atoms with Crippen LogP contribution in [-0.2, 0) is 6.18 Å². The molecule has 106 valence electrons. The van der Waals surface area contributed by atoms with Crippen molar-refractivity contribution in [3.63, 3.8) is 0 Å². The molecule has 0 amide bonds. The number of halogens is 5. The maximum absolute atomic E-state index is 13.6. The van der Waals surface area contributed by atoms with Gasteiger partial charge in [0.2, 0.25) is 0 Å². The van der Waals surface area contributed by atoms with Crippen LogP contribution in [-0.4, -0.2) is 4.98 Å². The first-order valence-corrected chi connectivity index (χ1v) is 6.05. The zero-order chi connectivity index (χ0) is 14.9. The highest BCUT2D eigenvalue weighted by atomic mass is 32.2. The molecule has 0 unspecified atom stereocenters. The van der Waals surface area contributed by atoms with Crippen LogP contribution in [0.5, 0.6) is 0 Å². The van der Waals surface area contributed by atoms with Crippen molar-refractivity contribution in [1.29, 1.82) is 0 Å². The van der Waals surface area contributed by atoms with Gasteiger partial charge < -0.3 is 5.73 Å². The van der Waals surface area contributed by atoms with Gasteiger partial charge in [-0.25, -0.2) is 13.8 Å². The minimum atomic E-state index is -4.66. The zero-order valence-electron chi connectivity index (χ0n) is 9.71. The smallest absolute Gasteiger partial charge is 0.399 e. The molecule has 8 heteroatoms. The molecule has 0 saturated heterocycles. The number of hydrogen-bond donors (Lipinski definition) is 1. The number of aromatic nitrogens is 1. The summed E-state index contributed by atoms with van der Waals surface area (Å²) in [4.78, 5) is 2.94. The molecule has 1 heterocycles. The third-order valence-electron chi connectivity index (χ3n) is 2.30. The Morgan fingerprint density at radius 2 is 1.70 bits per heavy atom. The van der Waals surface area contributed by atoms with E-state index in [1.807, 2.05) is 0 Å². The molecule has 0 atom stereocenters. The Labute approximate surface area is 114 Å². The molecule has 2 nitrogen and oxygen atoms in total. The van der Waals surface area contributed by atoms with Crippen LogP contribution >= 0.6 is 11.8 Å². The van der Waals surface area contributed by atoms with E-state index < -0.39 is 33.3 Å². The van der Waals surface area contributed by atoms with Gasteiger partial charge in [-0.3, -0.25) is 0 Å². The average molecular weight is 306 g/mol. The Morgan fingerprint density at radius 1 is 1.10 bits per heavy atom. The lowest BCUT2D eigenvalue weighted by molar-refractivity contribution is -0.140. The van der Waals surface area contributed by atoms with Gasteiger partial charge in [0.25, 0.3) is 0 Å². The standard InChI is InChI=1S/C12H7F5N2S/c13-8-4-6(18)5-9(14)10(8)20-11-7(12(15,16)17)2-1-3-19-11/h1-5H,18H2. The average Bonchev–Trinajstić information content (AvgIpc) is 2.33. The van der Waals surface area contributed by atoms with Gasteiger partial charge in [0, 0.05) is 11.9 Å². The molecule has 0 saturated carbocycles. The van der Waals surface area contributed by atoms with Crippen molar-refractivity contribution in [2.45, 2.75) is 16.1 Å². The summed E-state index contributed by atoms with van der Waals surface area (Å²) < 4.78 is 65.4. The summed E-state index contributed by atoms with van der Waals surface area (Å²) in [6, 6.07) is 3.56. The molecule has 1 aromatic heterocycles. The van der Waals surface area contributed by atoms with Gasteiger partial charge in [-0.1, -0.05) is 11.8 Å². The third-order valence-corrected chi connectivity index (χ3v) is 3.41. The van der Waals surface area contributed by atoms with Crippen molar-refractivity contribution >= 4 is 17.4 Å². The Hall–Kier alpha value is -1.83. The molecule has 0 aliphatic rings. The highest BCUT2D eigenvalue weighted by molar-refractivity contribution is 7.99. The molecule has 1 aromatic carbocycles. The van der Waals surface area contributed by atoms with Gasteiger partial charge in [0.15, 0.2) is 0 Å². The summed E-state index contributed by atoms with van der Waals surface area (Å²) in [5.74, 6) is -2.07. The molecule has 2 aromatic rings. The number of rotatable bonds is 2. The zero-order valence-corrected chi connectivity index (χ0v) is 10.5. The predicted octanol–water partition coefficient (Wildman–Crippen LogP) is 4.11. The summed E-state index contributed by atoms with van der Waals surface area (Å²) in [5, 5.41) is -0.525. The number of alkyl halides is 3. The summed E-state index contributed by atoms with van der Waals surface area (Å²) in [7, 11) is 0. The number of anilines is 1. The topological polar surface area (TPSA) is 38.9 Å². The Kier molecular flexibility index (Phi) is 3.85. The van der Waals surface area contributed by atoms with Crippen molar-refractivity contribution in [3.05, 3.63) is 47.7 Å². The number of hydrogen-bond acceptors (Lipinski definition) is 3. The second-order valence-corrected chi connectivity index (χ2v) is 4.77. The first kappa shape index (κ1) is 14.6. The van der Waals surface area contributed by atoms with E-state index in [-0.39, 0.29) is 17.4 Å². The number of nitrogen functional groups attached to an aromatic ring is 1. The van der Waals surface area contributed by atoms with Crippen LogP contribution < -0.4 is 5.73 Å². The fourth-order valence-electron chi connectivity index (χ4n) is 1.46. The van der Waals surface area contributed by atoms with Gasteiger partial charge in [0.05, 0.1) is 10.5 Å². The van der Waals surface area contributed by atoms with Crippen LogP contribution in [0, 0.1) is 11.6 Å². The van der Waals surface area contributed by atoms with Crippen LogP contribution in [0.1, 0.15) is 5.56 Å². The minimum Gasteiger partial charge on any atom is -0.399 e. The number of benzene rings is 1. The molecular formula is C12H7F5N2S. The summed E-state index contributed by atoms with van der Waals surface area (Å²) in [6.45, 7) is 0. The molecule has 2 rings (SSSR count). The van der Waals surface area contributed by atoms with Crippen LogP contribution in [0.4, 0.5) is 27.6 Å². The second kappa shape index (κ2) is 5.28. The monoisotopic (exact) mass is 306 g/mol. The quantitative estimate of drug-likeness (QED) is 0.670. The Bertz CT molecular complexity index is 619. The lowest BCUT2D eigenvalue weighted by atomic mass is 10.3. The molecule has 0 radical (unpaired) electrons. The van der Waals surface area contributed by atoms with E-state index in [0.717, 1.165) is 30.5 Å². The molecular weight excluding hydrogens is 299 g/mol. The highest BCUT2D eigenvalue weighted by Crippen LogP contribution is 2.39. The van der Waals surface area contributed by atoms with Gasteiger partial charge in [-0.2, -0.15) is 13.2 Å². The van der Waals surface area contributed by atoms with E-state index in [9.17, 15) is 22.0 Å². The van der Waals surface area contributed by atoms with Crippen LogP contribution in [0.3, 0.4) is 0 Å². The summed E-state index contributed by atoms with van der Waals surface area (Å²) in [6.07, 6.45) is -3.54. The lowest BCUT2D eigenvalue weighted by Crippen LogP contribution is -2.08. The van der Waals surface area contributed by atoms with E-state index >= 15 is 0 Å². The van der Waals surface area contributed by atoms with Crippen LogP contribution in [0.2, 0.25) is 0 Å². The summed E-state index contributed by atoms with van der Waals surface area (Å²) >= 11 is 0.266. The number of nitrogens with zero attached hydrogens (tertiary/aromatic N) is 1. The van der Waals surface area contributed by atoms with E-state index in [1.165, 1.54) is 0 Å². The van der Waals surface area contributed by atoms with E-state index in [2.05, 4.69) is 4.98 Å². The van der Waals surface area contributed by atoms with Crippen LogP contribution in [0.15, 0.2) is 40.4 Å². The van der Waals surface area contributed by atoms with Crippen molar-refractivity contribution in [3.8, 4) is 0 Å². The highest BCUT2D eigenvalue weighted by Gasteiger charge is 2.34. The van der Waals surface area contributed by atoms with Gasteiger partial charge in [-0.05, 0) is 24.3 Å². The van der Waals surface area contributed by atoms with Crippen molar-refractivity contribution < 1.29 is 22.0 Å². The summed E-state index contributed by atoms with van der Waals surface area (Å²) in [5.41, 5.74) is 4.03. The van der Waals surface area contributed by atoms with E-state index in [4.69, 9.17) is 5.73 Å². The molecule has 0 fully saturated rings. The number of pyridine rings is 1. The molecule has 0 aliphatic heterocycles. The SMILES string of the molecule is Nc1cc(F)c(Sc2ncccc2C(F)(F)F)c(F)c1. The minimum absolute atomic E-state index is 0.151. The third kappa shape index (κ3) is 3.01. The van der Waals surface area contributed by atoms with Gasteiger partial charge >= 0.3 is 6.18 Å². The van der Waals surface area contributed by atoms with Gasteiger partial charge in [0.1, 0.15) is 16.7 Å². The molecule has 0 spiro atoms. The lowest BCUT2D eigenvalue weighted by Gasteiger charge is -2.12. The van der Waals surface area contributed by atoms with Gasteiger partial charge in [-0.15, -0.1) is 0 Å². The van der Waals surface area contributed by atoms with Crippen LogP contribution in [0.25, 0.3) is 0 Å². The second-order valence-electron chi connectivity index (χ2n) is 3.77. The van der Waals surface area contributed by atoms with E-state index in [0.29, 0.717) is 0 Å². The predicted molar refractivity (Wildman–Crippen MR) is 64.1 cm³/mol. The molecule has 0 aliphatic carbocycles. The fourth-order valence-corrected chi connectivity index (χ4v) is 2.38. The number of nitrogens with two attached hydrogens (primary N) is 1.